The van der Waals surface area contributed by atoms with Crippen LogP contribution in [0.5, 0.6) is 0 Å². The number of hydrogen-bond acceptors (Lipinski definition) is 2. The van der Waals surface area contributed by atoms with Gasteiger partial charge in [0.25, 0.3) is 0 Å². The van der Waals surface area contributed by atoms with Crippen molar-refractivity contribution in [3.63, 3.8) is 0 Å². The summed E-state index contributed by atoms with van der Waals surface area (Å²) in [5.74, 6) is 0.314. The summed E-state index contributed by atoms with van der Waals surface area (Å²) in [6.07, 6.45) is 5.44. The Labute approximate surface area is 94.7 Å². The molecule has 15 heavy (non-hydrogen) atoms. The second kappa shape index (κ2) is 6.83. The Morgan fingerprint density at radius 1 is 1.40 bits per heavy atom. The van der Waals surface area contributed by atoms with Crippen molar-refractivity contribution in [3.05, 3.63) is 12.2 Å². The zero-order valence-corrected chi connectivity index (χ0v) is 11.7. The number of ether oxygens (including phenoxy) is 1. The molecule has 0 bridgehead atoms. The molecule has 0 heterocycles. The fourth-order valence-electron chi connectivity index (χ4n) is 1.14. The average Bonchev–Trinajstić information content (AvgIpc) is 2.00. The molecule has 0 saturated heterocycles. The van der Waals surface area contributed by atoms with Crippen LogP contribution in [0.4, 0.5) is 0 Å². The van der Waals surface area contributed by atoms with Gasteiger partial charge in [0.2, 0.25) is 0 Å². The van der Waals surface area contributed by atoms with Gasteiger partial charge >= 0.3 is 5.97 Å². The summed E-state index contributed by atoms with van der Waals surface area (Å²) in [5.41, 5.74) is 0. The number of rotatable bonds is 6. The van der Waals surface area contributed by atoms with E-state index >= 15 is 0 Å². The molecule has 0 fully saturated rings. The highest BCUT2D eigenvalue weighted by molar-refractivity contribution is 6.76. The maximum absolute atomic E-state index is 10.5. The van der Waals surface area contributed by atoms with Gasteiger partial charge in [0.15, 0.2) is 0 Å². The molecule has 0 amide bonds. The fourth-order valence-corrected chi connectivity index (χ4v) is 1.98. The number of esters is 1. The maximum atomic E-state index is 10.5. The highest BCUT2D eigenvalue weighted by Gasteiger charge is 2.09. The largest absolute Gasteiger partial charge is 0.466 e. The Kier molecular flexibility index (Phi) is 6.57. The second-order valence-electron chi connectivity index (χ2n) is 5.30. The monoisotopic (exact) mass is 228 g/mol. The van der Waals surface area contributed by atoms with Gasteiger partial charge < -0.3 is 4.74 Å². The number of carbonyl (C=O) groups is 1. The van der Waals surface area contributed by atoms with Crippen molar-refractivity contribution < 1.29 is 9.53 Å². The van der Waals surface area contributed by atoms with Gasteiger partial charge in [-0.15, -0.1) is 0 Å². The second-order valence-corrected chi connectivity index (χ2v) is 10.8. The first-order chi connectivity index (χ1) is 6.81. The van der Waals surface area contributed by atoms with Crippen molar-refractivity contribution in [2.75, 3.05) is 6.61 Å². The first-order valence-electron chi connectivity index (χ1n) is 5.61. The Morgan fingerprint density at radius 3 is 2.47 bits per heavy atom. The van der Waals surface area contributed by atoms with Crippen LogP contribution in [0, 0.1) is 5.92 Å². The van der Waals surface area contributed by atoms with Crippen molar-refractivity contribution in [1.29, 1.82) is 0 Å². The van der Waals surface area contributed by atoms with Crippen LogP contribution in [0.15, 0.2) is 12.2 Å². The van der Waals surface area contributed by atoms with Crippen molar-refractivity contribution in [2.45, 2.75) is 46.0 Å². The van der Waals surface area contributed by atoms with Crippen molar-refractivity contribution in [3.8, 4) is 0 Å². The lowest BCUT2D eigenvalue weighted by molar-refractivity contribution is -0.141. The summed E-state index contributed by atoms with van der Waals surface area (Å²) in [4.78, 5) is 10.5. The standard InChI is InChI=1S/C12H24O2Si/c1-11(8-9-14-12(2)13)7-6-10-15(3,4)5/h6-7,11H,8-10H2,1-5H3/b7-6+. The van der Waals surface area contributed by atoms with Crippen LogP contribution in [0.1, 0.15) is 20.3 Å². The Balaban J connectivity index is 3.64. The number of hydrogen-bond donors (Lipinski definition) is 0. The molecule has 0 radical (unpaired) electrons. The summed E-state index contributed by atoms with van der Waals surface area (Å²) in [6.45, 7) is 11.2. The highest BCUT2D eigenvalue weighted by atomic mass is 28.3. The molecule has 0 aromatic heterocycles. The Hall–Kier alpha value is -0.573. The van der Waals surface area contributed by atoms with E-state index in [0.717, 1.165) is 6.42 Å². The Morgan fingerprint density at radius 2 is 2.00 bits per heavy atom. The summed E-state index contributed by atoms with van der Waals surface area (Å²) in [6, 6.07) is 1.23. The van der Waals surface area contributed by atoms with Crippen LogP contribution in [0.3, 0.4) is 0 Å². The van der Waals surface area contributed by atoms with E-state index in [1.54, 1.807) is 0 Å². The van der Waals surface area contributed by atoms with Gasteiger partial charge in [0.05, 0.1) is 6.61 Å². The van der Waals surface area contributed by atoms with E-state index in [2.05, 4.69) is 38.7 Å². The zero-order valence-electron chi connectivity index (χ0n) is 10.7. The first kappa shape index (κ1) is 14.4. The molecule has 0 saturated carbocycles. The fraction of sp³-hybridized carbons (Fsp3) is 0.750. The van der Waals surface area contributed by atoms with E-state index in [-0.39, 0.29) is 5.97 Å². The normalized spacial score (nSPS) is 14.2. The van der Waals surface area contributed by atoms with E-state index < -0.39 is 8.07 Å². The molecular weight excluding hydrogens is 204 g/mol. The summed E-state index contributed by atoms with van der Waals surface area (Å²) >= 11 is 0. The molecule has 0 rings (SSSR count). The average molecular weight is 228 g/mol. The van der Waals surface area contributed by atoms with Gasteiger partial charge in [-0.3, -0.25) is 4.79 Å². The van der Waals surface area contributed by atoms with Gasteiger partial charge in [-0.1, -0.05) is 38.7 Å². The van der Waals surface area contributed by atoms with Crippen molar-refractivity contribution >= 4 is 14.0 Å². The molecule has 0 aromatic carbocycles. The van der Waals surface area contributed by atoms with E-state index in [0.29, 0.717) is 12.5 Å². The molecule has 88 valence electrons. The lowest BCUT2D eigenvalue weighted by Crippen LogP contribution is -2.17. The predicted octanol–water partition coefficient (Wildman–Crippen LogP) is 3.47. The van der Waals surface area contributed by atoms with Crippen LogP contribution in [0.25, 0.3) is 0 Å². The number of carbonyl (C=O) groups excluding carboxylic acids is 1. The summed E-state index contributed by atoms with van der Waals surface area (Å²) < 4.78 is 4.90. The molecule has 1 atom stereocenters. The van der Waals surface area contributed by atoms with Gasteiger partial charge in [-0.2, -0.15) is 0 Å². The van der Waals surface area contributed by atoms with Gasteiger partial charge in [0, 0.05) is 15.0 Å². The van der Waals surface area contributed by atoms with Crippen LogP contribution < -0.4 is 0 Å². The summed E-state index contributed by atoms with van der Waals surface area (Å²) in [5, 5.41) is 0. The van der Waals surface area contributed by atoms with Crippen molar-refractivity contribution in [1.82, 2.24) is 0 Å². The molecule has 0 aliphatic heterocycles. The van der Waals surface area contributed by atoms with Crippen LogP contribution in [-0.2, 0) is 9.53 Å². The topological polar surface area (TPSA) is 26.3 Å². The van der Waals surface area contributed by atoms with Crippen LogP contribution in [-0.4, -0.2) is 20.7 Å². The smallest absolute Gasteiger partial charge is 0.302 e. The molecule has 0 spiro atoms. The quantitative estimate of drug-likeness (QED) is 0.395. The van der Waals surface area contributed by atoms with E-state index in [1.165, 1.54) is 13.0 Å². The lowest BCUT2D eigenvalue weighted by Gasteiger charge is -2.12. The lowest BCUT2D eigenvalue weighted by atomic mass is 10.1. The van der Waals surface area contributed by atoms with Crippen LogP contribution in [0.2, 0.25) is 25.7 Å². The third-order valence-corrected chi connectivity index (χ3v) is 3.53. The van der Waals surface area contributed by atoms with E-state index in [9.17, 15) is 4.79 Å². The predicted molar refractivity (Wildman–Crippen MR) is 67.7 cm³/mol. The molecule has 2 nitrogen and oxygen atoms in total. The molecule has 0 aromatic rings. The highest BCUT2D eigenvalue weighted by Crippen LogP contribution is 2.11. The van der Waals surface area contributed by atoms with Crippen LogP contribution >= 0.6 is 0 Å². The zero-order chi connectivity index (χ0) is 11.9. The molecule has 0 aliphatic rings. The first-order valence-corrected chi connectivity index (χ1v) is 9.32. The molecule has 3 heteroatoms. The minimum atomic E-state index is -0.945. The molecule has 0 N–H and O–H groups in total. The minimum Gasteiger partial charge on any atom is -0.466 e. The number of allylic oxidation sites excluding steroid dienone is 2. The minimum absolute atomic E-state index is 0.187. The third-order valence-electron chi connectivity index (χ3n) is 2.07. The van der Waals surface area contributed by atoms with Crippen molar-refractivity contribution in [2.24, 2.45) is 5.92 Å². The van der Waals surface area contributed by atoms with E-state index in [4.69, 9.17) is 4.74 Å². The SMILES string of the molecule is CC(=O)OCCC(C)/C=C/C[Si](C)(C)C. The third kappa shape index (κ3) is 11.4. The van der Waals surface area contributed by atoms with Gasteiger partial charge in [0.1, 0.15) is 0 Å². The van der Waals surface area contributed by atoms with E-state index in [1.807, 2.05) is 0 Å². The van der Waals surface area contributed by atoms with Gasteiger partial charge in [-0.25, -0.2) is 0 Å². The summed E-state index contributed by atoms with van der Waals surface area (Å²) in [7, 11) is -0.945. The maximum Gasteiger partial charge on any atom is 0.302 e. The molecular formula is C12H24O2Si. The molecule has 1 unspecified atom stereocenters. The van der Waals surface area contributed by atoms with Gasteiger partial charge in [-0.05, 0) is 18.4 Å². The Bertz CT molecular complexity index is 216. The molecule has 0 aliphatic carbocycles.